The molecule has 1 aliphatic rings. The Bertz CT molecular complexity index is 190. The van der Waals surface area contributed by atoms with Gasteiger partial charge in [-0.3, -0.25) is 0 Å². The van der Waals surface area contributed by atoms with E-state index in [1.165, 1.54) is 44.9 Å². The molecule has 1 fully saturated rings. The maximum absolute atomic E-state index is 2.46. The molecule has 0 heteroatoms. The molecule has 0 aromatic carbocycles. The van der Waals surface area contributed by atoms with Crippen LogP contribution in [0.2, 0.25) is 0 Å². The van der Waals surface area contributed by atoms with Gasteiger partial charge in [-0.25, -0.2) is 0 Å². The van der Waals surface area contributed by atoms with Crippen molar-refractivity contribution in [1.29, 1.82) is 0 Å². The van der Waals surface area contributed by atoms with E-state index in [2.05, 4.69) is 34.6 Å². The van der Waals surface area contributed by atoms with Crippen LogP contribution in [-0.4, -0.2) is 0 Å². The van der Waals surface area contributed by atoms with Crippen LogP contribution in [0.5, 0.6) is 0 Å². The van der Waals surface area contributed by atoms with Crippen molar-refractivity contribution >= 4 is 0 Å². The summed E-state index contributed by atoms with van der Waals surface area (Å²) in [6.07, 6.45) is 10.1. The Morgan fingerprint density at radius 2 is 1.47 bits per heavy atom. The molecule has 0 aliphatic heterocycles. The first-order chi connectivity index (χ1) is 8.89. The third-order valence-corrected chi connectivity index (χ3v) is 4.09. The highest BCUT2D eigenvalue weighted by atomic mass is 14.5. The summed E-state index contributed by atoms with van der Waals surface area (Å²) in [5.74, 6) is 0.871. The zero-order valence-electron chi connectivity index (χ0n) is 15.5. The Hall–Kier alpha value is 0. The van der Waals surface area contributed by atoms with Gasteiger partial charge in [0.25, 0.3) is 0 Å². The highest BCUT2D eigenvalue weighted by molar-refractivity contribution is 4.93. The highest BCUT2D eigenvalue weighted by Gasteiger charge is 2.42. The van der Waals surface area contributed by atoms with E-state index < -0.39 is 0 Å². The van der Waals surface area contributed by atoms with Gasteiger partial charge in [0.15, 0.2) is 0 Å². The van der Waals surface area contributed by atoms with Gasteiger partial charge in [-0.1, -0.05) is 75.2 Å². The van der Waals surface area contributed by atoms with Crippen LogP contribution in [0.25, 0.3) is 0 Å². The third kappa shape index (κ3) is 8.71. The maximum Gasteiger partial charge on any atom is -0.0290 e. The largest absolute Gasteiger partial charge is 0.0683 e. The summed E-state index contributed by atoms with van der Waals surface area (Å²) in [6.45, 7) is 20.0. The van der Waals surface area contributed by atoms with Crippen LogP contribution in [0, 0.1) is 16.7 Å². The molecule has 1 rings (SSSR count). The first kappa shape index (κ1) is 21.3. The SMILES string of the molecule is CC.CC.CCCCC1(CC(C)C)CCC(C)(C)C1. The summed E-state index contributed by atoms with van der Waals surface area (Å²) in [4.78, 5) is 0. The Morgan fingerprint density at radius 1 is 0.947 bits per heavy atom. The minimum atomic E-state index is 0.614. The van der Waals surface area contributed by atoms with Crippen LogP contribution in [0.4, 0.5) is 0 Å². The topological polar surface area (TPSA) is 0 Å². The standard InChI is InChI=1S/C15H30.2C2H6/c1-6-7-8-15(11-13(2)3)10-9-14(4,5)12-15;2*1-2/h13H,6-12H2,1-5H3;2*1-2H3. The van der Waals surface area contributed by atoms with Gasteiger partial charge in [-0.05, 0) is 48.9 Å². The molecule has 0 heterocycles. The van der Waals surface area contributed by atoms with Crippen LogP contribution in [-0.2, 0) is 0 Å². The molecule has 1 saturated carbocycles. The van der Waals surface area contributed by atoms with Crippen LogP contribution < -0.4 is 0 Å². The van der Waals surface area contributed by atoms with E-state index in [1.807, 2.05) is 27.7 Å². The molecule has 118 valence electrons. The molecular formula is C19H42. The predicted octanol–water partition coefficient (Wildman–Crippen LogP) is 7.47. The summed E-state index contributed by atoms with van der Waals surface area (Å²) >= 11 is 0. The summed E-state index contributed by atoms with van der Waals surface area (Å²) in [5.41, 5.74) is 1.32. The Morgan fingerprint density at radius 3 is 1.79 bits per heavy atom. The van der Waals surface area contributed by atoms with Crippen molar-refractivity contribution in [3.63, 3.8) is 0 Å². The second-order valence-corrected chi connectivity index (χ2v) is 7.04. The molecular weight excluding hydrogens is 228 g/mol. The summed E-state index contributed by atoms with van der Waals surface area (Å²) < 4.78 is 0. The smallest absolute Gasteiger partial charge is 0.0290 e. The molecule has 0 bridgehead atoms. The fourth-order valence-corrected chi connectivity index (χ4v) is 3.70. The van der Waals surface area contributed by atoms with Crippen molar-refractivity contribution in [2.24, 2.45) is 16.7 Å². The fourth-order valence-electron chi connectivity index (χ4n) is 3.70. The first-order valence-corrected chi connectivity index (χ1v) is 8.89. The fraction of sp³-hybridized carbons (Fsp3) is 1.00. The molecule has 0 radical (unpaired) electrons. The lowest BCUT2D eigenvalue weighted by atomic mass is 9.73. The number of hydrogen-bond acceptors (Lipinski definition) is 0. The van der Waals surface area contributed by atoms with Crippen LogP contribution >= 0.6 is 0 Å². The average Bonchev–Trinajstić information content (AvgIpc) is 2.67. The number of rotatable bonds is 5. The van der Waals surface area contributed by atoms with Crippen molar-refractivity contribution in [2.45, 2.75) is 107 Å². The second kappa shape index (κ2) is 10.7. The van der Waals surface area contributed by atoms with Gasteiger partial charge in [0.1, 0.15) is 0 Å². The van der Waals surface area contributed by atoms with Gasteiger partial charge in [0.2, 0.25) is 0 Å². The normalized spacial score (nSPS) is 24.3. The molecule has 0 spiro atoms. The van der Waals surface area contributed by atoms with E-state index in [0.717, 1.165) is 5.92 Å². The molecule has 19 heavy (non-hydrogen) atoms. The van der Waals surface area contributed by atoms with E-state index in [4.69, 9.17) is 0 Å². The molecule has 0 aromatic heterocycles. The third-order valence-electron chi connectivity index (χ3n) is 4.09. The minimum Gasteiger partial charge on any atom is -0.0683 e. The molecule has 0 N–H and O–H groups in total. The monoisotopic (exact) mass is 270 g/mol. The predicted molar refractivity (Wildman–Crippen MR) is 91.7 cm³/mol. The zero-order valence-corrected chi connectivity index (χ0v) is 15.5. The van der Waals surface area contributed by atoms with Crippen molar-refractivity contribution in [2.75, 3.05) is 0 Å². The van der Waals surface area contributed by atoms with E-state index in [9.17, 15) is 0 Å². The molecule has 1 unspecified atom stereocenters. The van der Waals surface area contributed by atoms with Gasteiger partial charge >= 0.3 is 0 Å². The van der Waals surface area contributed by atoms with Crippen molar-refractivity contribution in [1.82, 2.24) is 0 Å². The second-order valence-electron chi connectivity index (χ2n) is 7.04. The quantitative estimate of drug-likeness (QED) is 0.486. The molecule has 0 aromatic rings. The summed E-state index contributed by atoms with van der Waals surface area (Å²) in [6, 6.07) is 0. The van der Waals surface area contributed by atoms with E-state index in [0.29, 0.717) is 10.8 Å². The molecule has 0 saturated heterocycles. The summed E-state index contributed by atoms with van der Waals surface area (Å²) in [5, 5.41) is 0. The highest BCUT2D eigenvalue weighted by Crippen LogP contribution is 2.54. The number of hydrogen-bond donors (Lipinski definition) is 0. The van der Waals surface area contributed by atoms with Gasteiger partial charge in [-0.2, -0.15) is 0 Å². The van der Waals surface area contributed by atoms with Gasteiger partial charge in [0.05, 0.1) is 0 Å². The molecule has 1 atom stereocenters. The Balaban J connectivity index is 0. The van der Waals surface area contributed by atoms with Gasteiger partial charge < -0.3 is 0 Å². The van der Waals surface area contributed by atoms with Gasteiger partial charge in [0, 0.05) is 0 Å². The molecule has 0 nitrogen and oxygen atoms in total. The number of unbranched alkanes of at least 4 members (excludes halogenated alkanes) is 1. The molecule has 0 amide bonds. The van der Waals surface area contributed by atoms with E-state index >= 15 is 0 Å². The van der Waals surface area contributed by atoms with Crippen molar-refractivity contribution < 1.29 is 0 Å². The van der Waals surface area contributed by atoms with Crippen LogP contribution in [0.3, 0.4) is 0 Å². The van der Waals surface area contributed by atoms with E-state index in [1.54, 1.807) is 0 Å². The van der Waals surface area contributed by atoms with E-state index in [-0.39, 0.29) is 0 Å². The minimum absolute atomic E-state index is 0.614. The van der Waals surface area contributed by atoms with Crippen molar-refractivity contribution in [3.8, 4) is 0 Å². The Labute approximate surface area is 124 Å². The van der Waals surface area contributed by atoms with Gasteiger partial charge in [-0.15, -0.1) is 0 Å². The van der Waals surface area contributed by atoms with Crippen LogP contribution in [0.1, 0.15) is 107 Å². The Kier molecular flexibility index (Phi) is 12.0. The van der Waals surface area contributed by atoms with Crippen LogP contribution in [0.15, 0.2) is 0 Å². The first-order valence-electron chi connectivity index (χ1n) is 8.89. The maximum atomic E-state index is 2.46. The lowest BCUT2D eigenvalue weighted by molar-refractivity contribution is 0.185. The average molecular weight is 271 g/mol. The zero-order chi connectivity index (χ0) is 15.5. The lowest BCUT2D eigenvalue weighted by Gasteiger charge is -2.33. The molecule has 1 aliphatic carbocycles. The van der Waals surface area contributed by atoms with Crippen molar-refractivity contribution in [3.05, 3.63) is 0 Å². The lowest BCUT2D eigenvalue weighted by Crippen LogP contribution is -2.21. The summed E-state index contributed by atoms with van der Waals surface area (Å²) in [7, 11) is 0.